The van der Waals surface area contributed by atoms with E-state index in [1.54, 1.807) is 12.0 Å². The lowest BCUT2D eigenvalue weighted by Gasteiger charge is -2.16. The molecule has 4 nitrogen and oxygen atoms in total. The molecular formula is C23H25NO3S2. The molecule has 0 saturated carbocycles. The Balaban J connectivity index is 1.84. The molecule has 3 rings (SSSR count). The third-order valence-corrected chi connectivity index (χ3v) is 6.09. The molecule has 1 heterocycles. The van der Waals surface area contributed by atoms with E-state index in [9.17, 15) is 4.79 Å². The predicted molar refractivity (Wildman–Crippen MR) is 125 cm³/mol. The molecule has 2 aromatic rings. The van der Waals surface area contributed by atoms with E-state index in [0.717, 1.165) is 29.7 Å². The first kappa shape index (κ1) is 21.4. The molecular weight excluding hydrogens is 402 g/mol. The van der Waals surface area contributed by atoms with Crippen molar-refractivity contribution in [2.45, 2.75) is 33.6 Å². The van der Waals surface area contributed by atoms with E-state index in [1.165, 1.54) is 17.3 Å². The molecule has 0 atom stereocenters. The van der Waals surface area contributed by atoms with E-state index in [0.29, 0.717) is 27.3 Å². The number of nitrogens with zero attached hydrogens (tertiary/aromatic N) is 1. The van der Waals surface area contributed by atoms with Crippen LogP contribution < -0.4 is 14.4 Å². The van der Waals surface area contributed by atoms with Crippen LogP contribution in [0.3, 0.4) is 0 Å². The van der Waals surface area contributed by atoms with Gasteiger partial charge in [0, 0.05) is 0 Å². The average molecular weight is 428 g/mol. The van der Waals surface area contributed by atoms with Gasteiger partial charge in [0.05, 0.1) is 24.3 Å². The minimum absolute atomic E-state index is 0.106. The molecule has 0 spiro atoms. The summed E-state index contributed by atoms with van der Waals surface area (Å²) in [5.41, 5.74) is 3.98. The second-order valence-electron chi connectivity index (χ2n) is 6.90. The number of carbonyl (C=O) groups is 1. The molecule has 1 saturated heterocycles. The number of anilines is 1. The fraction of sp³-hybridized carbons (Fsp3) is 0.304. The molecule has 6 heteroatoms. The second kappa shape index (κ2) is 9.46. The highest BCUT2D eigenvalue weighted by Crippen LogP contribution is 2.37. The minimum Gasteiger partial charge on any atom is -0.493 e. The Kier molecular flexibility index (Phi) is 6.98. The van der Waals surface area contributed by atoms with Crippen LogP contribution in [0.25, 0.3) is 6.08 Å². The van der Waals surface area contributed by atoms with Crippen LogP contribution in [-0.4, -0.2) is 23.9 Å². The Morgan fingerprint density at radius 1 is 1.10 bits per heavy atom. The molecule has 1 amide bonds. The summed E-state index contributed by atoms with van der Waals surface area (Å²) in [6.45, 7) is 6.85. The normalized spacial score (nSPS) is 15.3. The molecule has 0 aliphatic carbocycles. The smallest absolute Gasteiger partial charge is 0.270 e. The maximum Gasteiger partial charge on any atom is 0.270 e. The number of thioether (sulfide) groups is 1. The van der Waals surface area contributed by atoms with Gasteiger partial charge in [-0.15, -0.1) is 0 Å². The number of rotatable bonds is 7. The predicted octanol–water partition coefficient (Wildman–Crippen LogP) is 5.90. The van der Waals surface area contributed by atoms with Gasteiger partial charge in [-0.1, -0.05) is 49.5 Å². The first-order chi connectivity index (χ1) is 13.9. The molecule has 2 aromatic carbocycles. The van der Waals surface area contributed by atoms with Gasteiger partial charge in [0.2, 0.25) is 0 Å². The molecule has 1 fully saturated rings. The van der Waals surface area contributed by atoms with Crippen molar-refractivity contribution < 1.29 is 14.3 Å². The topological polar surface area (TPSA) is 38.8 Å². The summed E-state index contributed by atoms with van der Waals surface area (Å²) in [5, 5.41) is 0. The van der Waals surface area contributed by atoms with Crippen molar-refractivity contribution in [3.63, 3.8) is 0 Å². The Labute approximate surface area is 181 Å². The number of benzene rings is 2. The van der Waals surface area contributed by atoms with E-state index < -0.39 is 0 Å². The molecule has 0 N–H and O–H groups in total. The van der Waals surface area contributed by atoms with Gasteiger partial charge in [0.1, 0.15) is 0 Å². The first-order valence-electron chi connectivity index (χ1n) is 9.60. The lowest BCUT2D eigenvalue weighted by Crippen LogP contribution is -2.27. The summed E-state index contributed by atoms with van der Waals surface area (Å²) in [4.78, 5) is 15.2. The molecule has 152 valence electrons. The van der Waals surface area contributed by atoms with Gasteiger partial charge in [-0.05, 0) is 67.3 Å². The van der Waals surface area contributed by atoms with E-state index in [2.05, 4.69) is 6.92 Å². The Morgan fingerprint density at radius 2 is 1.90 bits per heavy atom. The lowest BCUT2D eigenvalue weighted by molar-refractivity contribution is -0.113. The van der Waals surface area contributed by atoms with Gasteiger partial charge in [-0.25, -0.2) is 0 Å². The second-order valence-corrected chi connectivity index (χ2v) is 8.57. The molecule has 0 bridgehead atoms. The van der Waals surface area contributed by atoms with E-state index >= 15 is 0 Å². The zero-order valence-electron chi connectivity index (χ0n) is 17.2. The number of amides is 1. The van der Waals surface area contributed by atoms with Crippen LogP contribution in [0.2, 0.25) is 0 Å². The summed E-state index contributed by atoms with van der Waals surface area (Å²) in [7, 11) is 1.62. The molecule has 1 aliphatic rings. The summed E-state index contributed by atoms with van der Waals surface area (Å²) >= 11 is 6.79. The zero-order chi connectivity index (χ0) is 21.0. The maximum absolute atomic E-state index is 13.0. The number of ether oxygens (including phenoxy) is 2. The zero-order valence-corrected chi connectivity index (χ0v) is 18.8. The monoisotopic (exact) mass is 427 g/mol. The highest BCUT2D eigenvalue weighted by Gasteiger charge is 2.33. The maximum atomic E-state index is 13.0. The van der Waals surface area contributed by atoms with Crippen molar-refractivity contribution in [3.8, 4) is 11.5 Å². The van der Waals surface area contributed by atoms with Crippen molar-refractivity contribution in [1.29, 1.82) is 0 Å². The van der Waals surface area contributed by atoms with E-state index in [4.69, 9.17) is 21.7 Å². The third-order valence-electron chi connectivity index (χ3n) is 4.78. The van der Waals surface area contributed by atoms with Crippen LogP contribution in [0.1, 0.15) is 36.5 Å². The number of hydrogen-bond acceptors (Lipinski definition) is 5. The van der Waals surface area contributed by atoms with Crippen molar-refractivity contribution in [2.75, 3.05) is 18.6 Å². The Bertz CT molecular complexity index is 969. The van der Waals surface area contributed by atoms with Crippen molar-refractivity contribution in [3.05, 3.63) is 58.0 Å². The van der Waals surface area contributed by atoms with E-state index in [-0.39, 0.29) is 5.91 Å². The van der Waals surface area contributed by atoms with Gasteiger partial charge in [0.15, 0.2) is 15.8 Å². The van der Waals surface area contributed by atoms with Gasteiger partial charge >= 0.3 is 0 Å². The van der Waals surface area contributed by atoms with Crippen molar-refractivity contribution in [1.82, 2.24) is 0 Å². The fourth-order valence-electron chi connectivity index (χ4n) is 2.93. The molecule has 1 aliphatic heterocycles. The van der Waals surface area contributed by atoms with Gasteiger partial charge < -0.3 is 9.47 Å². The van der Waals surface area contributed by atoms with Crippen molar-refractivity contribution in [2.24, 2.45) is 0 Å². The summed E-state index contributed by atoms with van der Waals surface area (Å²) in [6.07, 6.45) is 3.91. The highest BCUT2D eigenvalue weighted by atomic mass is 32.2. The fourth-order valence-corrected chi connectivity index (χ4v) is 4.23. The van der Waals surface area contributed by atoms with Crippen LogP contribution >= 0.6 is 24.0 Å². The summed E-state index contributed by atoms with van der Waals surface area (Å²) in [5.74, 6) is 1.26. The standard InChI is InChI=1S/C23H25NO3S2/c1-5-6-11-27-19-10-8-17(13-20(19)26-4)14-21-22(25)24(23(28)29-21)18-9-7-15(2)16(3)12-18/h7-10,12-14H,5-6,11H2,1-4H3/b21-14-. The number of unbranched alkanes of at least 4 members (excludes halogenated alkanes) is 1. The number of aryl methyl sites for hydroxylation is 2. The van der Waals surface area contributed by atoms with Gasteiger partial charge in [0.25, 0.3) is 5.91 Å². The van der Waals surface area contributed by atoms with Crippen LogP contribution in [0.15, 0.2) is 41.3 Å². The quantitative estimate of drug-likeness (QED) is 0.313. The molecule has 29 heavy (non-hydrogen) atoms. The minimum atomic E-state index is -0.106. The molecule has 0 aromatic heterocycles. The van der Waals surface area contributed by atoms with Gasteiger partial charge in [-0.2, -0.15) is 0 Å². The molecule has 0 radical (unpaired) electrons. The van der Waals surface area contributed by atoms with Crippen molar-refractivity contribution >= 4 is 46.0 Å². The summed E-state index contributed by atoms with van der Waals surface area (Å²) in [6, 6.07) is 11.6. The third kappa shape index (κ3) is 4.82. The van der Waals surface area contributed by atoms with Crippen LogP contribution in [0, 0.1) is 13.8 Å². The highest BCUT2D eigenvalue weighted by molar-refractivity contribution is 8.27. The number of methoxy groups -OCH3 is 1. The van der Waals surface area contributed by atoms with E-state index in [1.807, 2.05) is 56.3 Å². The Hall–Kier alpha value is -2.31. The van der Waals surface area contributed by atoms with Crippen LogP contribution in [0.5, 0.6) is 11.5 Å². The number of carbonyl (C=O) groups excluding carboxylic acids is 1. The largest absolute Gasteiger partial charge is 0.493 e. The Morgan fingerprint density at radius 3 is 2.59 bits per heavy atom. The lowest BCUT2D eigenvalue weighted by atomic mass is 10.1. The average Bonchev–Trinajstić information content (AvgIpc) is 2.98. The SMILES string of the molecule is CCCCOc1ccc(/C=C2\SC(=S)N(c3ccc(C)c(C)c3)C2=O)cc1OC. The summed E-state index contributed by atoms with van der Waals surface area (Å²) < 4.78 is 11.8. The van der Waals surface area contributed by atoms with Crippen LogP contribution in [-0.2, 0) is 4.79 Å². The first-order valence-corrected chi connectivity index (χ1v) is 10.8. The molecule has 0 unspecified atom stereocenters. The number of hydrogen-bond donors (Lipinski definition) is 0. The number of thiocarbonyl (C=S) groups is 1. The van der Waals surface area contributed by atoms with Crippen LogP contribution in [0.4, 0.5) is 5.69 Å². The van der Waals surface area contributed by atoms with Gasteiger partial charge in [-0.3, -0.25) is 9.69 Å².